The highest BCUT2D eigenvalue weighted by atomic mass is 79.9. The normalized spacial score (nSPS) is 15.3. The molecule has 18 heavy (non-hydrogen) atoms. The van der Waals surface area contributed by atoms with Crippen LogP contribution in [0.4, 0.5) is 11.8 Å². The summed E-state index contributed by atoms with van der Waals surface area (Å²) in [5.74, 6) is 1.86. The second kappa shape index (κ2) is 6.36. The third-order valence-corrected chi connectivity index (χ3v) is 3.93. The number of hydrogen-bond acceptors (Lipinski definition) is 4. The predicted molar refractivity (Wildman–Crippen MR) is 79.8 cm³/mol. The van der Waals surface area contributed by atoms with Gasteiger partial charge in [0.15, 0.2) is 0 Å². The molecule has 2 rings (SSSR count). The molecule has 0 radical (unpaired) electrons. The minimum atomic E-state index is 0.675. The molecular weight excluding hydrogens is 292 g/mol. The van der Waals surface area contributed by atoms with E-state index in [1.807, 2.05) is 31.3 Å². The molecule has 1 aromatic rings. The van der Waals surface area contributed by atoms with Crippen molar-refractivity contribution in [1.82, 2.24) is 9.97 Å². The van der Waals surface area contributed by atoms with Gasteiger partial charge >= 0.3 is 0 Å². The fourth-order valence-corrected chi connectivity index (χ4v) is 2.38. The zero-order valence-corrected chi connectivity index (χ0v) is 12.7. The molecular formula is C13H21BrN4. The van der Waals surface area contributed by atoms with Gasteiger partial charge in [-0.1, -0.05) is 15.9 Å². The Morgan fingerprint density at radius 1 is 1.39 bits per heavy atom. The Kier molecular flexibility index (Phi) is 4.80. The average Bonchev–Trinajstić information content (AvgIpc) is 2.32. The van der Waals surface area contributed by atoms with E-state index in [0.29, 0.717) is 6.04 Å². The van der Waals surface area contributed by atoms with Crippen LogP contribution in [0.1, 0.15) is 25.7 Å². The summed E-state index contributed by atoms with van der Waals surface area (Å²) in [6.45, 7) is 1.07. The van der Waals surface area contributed by atoms with Crippen LogP contribution in [0.15, 0.2) is 12.3 Å². The van der Waals surface area contributed by atoms with Crippen LogP contribution in [0.3, 0.4) is 0 Å². The Morgan fingerprint density at radius 2 is 2.17 bits per heavy atom. The molecule has 1 aliphatic carbocycles. The van der Waals surface area contributed by atoms with Gasteiger partial charge in [0, 0.05) is 38.2 Å². The van der Waals surface area contributed by atoms with Crippen molar-refractivity contribution in [2.24, 2.45) is 0 Å². The predicted octanol–water partition coefficient (Wildman–Crippen LogP) is 2.69. The smallest absolute Gasteiger partial charge is 0.226 e. The fourth-order valence-electron chi connectivity index (χ4n) is 2.13. The molecule has 4 nitrogen and oxygen atoms in total. The standard InChI is InChI=1S/C13H21BrN4/c1-17(2)13-15-9-7-12(16-13)18(10-4-8-14)11-5-3-6-11/h7,9,11H,3-6,8,10H2,1-2H3. The maximum absolute atomic E-state index is 4.65. The van der Waals surface area contributed by atoms with Crippen LogP contribution in [-0.2, 0) is 0 Å². The Balaban J connectivity index is 2.15. The largest absolute Gasteiger partial charge is 0.353 e. The fraction of sp³-hybridized carbons (Fsp3) is 0.692. The van der Waals surface area contributed by atoms with Crippen LogP contribution in [0, 0.1) is 0 Å². The van der Waals surface area contributed by atoms with Gasteiger partial charge in [-0.2, -0.15) is 4.98 Å². The lowest BCUT2D eigenvalue weighted by molar-refractivity contribution is 0.384. The van der Waals surface area contributed by atoms with Crippen molar-refractivity contribution >= 4 is 27.7 Å². The molecule has 0 N–H and O–H groups in total. The number of alkyl halides is 1. The van der Waals surface area contributed by atoms with Gasteiger partial charge in [-0.25, -0.2) is 4.98 Å². The maximum atomic E-state index is 4.65. The number of nitrogens with zero attached hydrogens (tertiary/aromatic N) is 4. The first-order chi connectivity index (χ1) is 8.72. The van der Waals surface area contributed by atoms with Crippen LogP contribution in [0.25, 0.3) is 0 Å². The quantitative estimate of drug-likeness (QED) is 0.756. The van der Waals surface area contributed by atoms with Gasteiger partial charge in [0.05, 0.1) is 0 Å². The Labute approximate surface area is 118 Å². The van der Waals surface area contributed by atoms with E-state index in [0.717, 1.165) is 30.1 Å². The number of aromatic nitrogens is 2. The average molecular weight is 313 g/mol. The molecule has 0 atom stereocenters. The zero-order valence-electron chi connectivity index (χ0n) is 11.1. The summed E-state index contributed by atoms with van der Waals surface area (Å²) in [5, 5.41) is 1.04. The molecule has 1 heterocycles. The van der Waals surface area contributed by atoms with Crippen LogP contribution in [0.5, 0.6) is 0 Å². The molecule has 1 aliphatic rings. The van der Waals surface area contributed by atoms with Gasteiger partial charge in [-0.3, -0.25) is 0 Å². The molecule has 100 valence electrons. The highest BCUT2D eigenvalue weighted by Crippen LogP contribution is 2.29. The summed E-state index contributed by atoms with van der Waals surface area (Å²) in [6.07, 6.45) is 6.95. The van der Waals surface area contributed by atoms with Gasteiger partial charge < -0.3 is 9.80 Å². The van der Waals surface area contributed by atoms with Crippen LogP contribution >= 0.6 is 15.9 Å². The summed E-state index contributed by atoms with van der Waals surface area (Å²) >= 11 is 3.51. The molecule has 0 bridgehead atoms. The van der Waals surface area contributed by atoms with E-state index in [9.17, 15) is 0 Å². The van der Waals surface area contributed by atoms with Gasteiger partial charge in [-0.05, 0) is 31.7 Å². The van der Waals surface area contributed by atoms with Crippen LogP contribution < -0.4 is 9.80 Å². The van der Waals surface area contributed by atoms with Crippen molar-refractivity contribution in [2.45, 2.75) is 31.7 Å². The summed E-state index contributed by atoms with van der Waals surface area (Å²) in [5.41, 5.74) is 0. The van der Waals surface area contributed by atoms with E-state index in [2.05, 4.69) is 30.8 Å². The summed E-state index contributed by atoms with van der Waals surface area (Å²) in [7, 11) is 3.95. The zero-order chi connectivity index (χ0) is 13.0. The first-order valence-electron chi connectivity index (χ1n) is 6.55. The molecule has 0 spiro atoms. The van der Waals surface area contributed by atoms with E-state index in [4.69, 9.17) is 0 Å². The molecule has 0 saturated heterocycles. The molecule has 1 aromatic heterocycles. The first kappa shape index (κ1) is 13.6. The third-order valence-electron chi connectivity index (χ3n) is 3.37. The van der Waals surface area contributed by atoms with Crippen molar-refractivity contribution in [3.8, 4) is 0 Å². The van der Waals surface area contributed by atoms with Gasteiger partial charge in [0.1, 0.15) is 5.82 Å². The minimum Gasteiger partial charge on any atom is -0.353 e. The second-order valence-corrected chi connectivity index (χ2v) is 5.72. The maximum Gasteiger partial charge on any atom is 0.226 e. The Hall–Kier alpha value is -0.840. The molecule has 0 unspecified atom stereocenters. The lowest BCUT2D eigenvalue weighted by atomic mass is 9.91. The van der Waals surface area contributed by atoms with Crippen LogP contribution in [0.2, 0.25) is 0 Å². The second-order valence-electron chi connectivity index (χ2n) is 4.93. The van der Waals surface area contributed by atoms with Gasteiger partial charge in [-0.15, -0.1) is 0 Å². The van der Waals surface area contributed by atoms with E-state index in [-0.39, 0.29) is 0 Å². The van der Waals surface area contributed by atoms with Crippen molar-refractivity contribution in [2.75, 3.05) is 35.8 Å². The summed E-state index contributed by atoms with van der Waals surface area (Å²) in [6, 6.07) is 2.70. The number of hydrogen-bond donors (Lipinski definition) is 0. The topological polar surface area (TPSA) is 32.3 Å². The van der Waals surface area contributed by atoms with E-state index < -0.39 is 0 Å². The Morgan fingerprint density at radius 3 is 2.72 bits per heavy atom. The summed E-state index contributed by atoms with van der Waals surface area (Å²) < 4.78 is 0. The highest BCUT2D eigenvalue weighted by molar-refractivity contribution is 9.09. The van der Waals surface area contributed by atoms with Crippen molar-refractivity contribution in [3.63, 3.8) is 0 Å². The Bertz CT molecular complexity index is 379. The lowest BCUT2D eigenvalue weighted by Crippen LogP contribution is -2.41. The molecule has 0 aromatic carbocycles. The van der Waals surface area contributed by atoms with Gasteiger partial charge in [0.25, 0.3) is 0 Å². The van der Waals surface area contributed by atoms with E-state index >= 15 is 0 Å². The van der Waals surface area contributed by atoms with Crippen LogP contribution in [-0.4, -0.2) is 42.0 Å². The molecule has 0 amide bonds. The van der Waals surface area contributed by atoms with E-state index in [1.54, 1.807) is 0 Å². The third kappa shape index (κ3) is 3.13. The van der Waals surface area contributed by atoms with Crippen molar-refractivity contribution < 1.29 is 0 Å². The molecule has 1 fully saturated rings. The monoisotopic (exact) mass is 312 g/mol. The first-order valence-corrected chi connectivity index (χ1v) is 7.67. The number of halogens is 1. The minimum absolute atomic E-state index is 0.675. The SMILES string of the molecule is CN(C)c1nccc(N(CCCBr)C2CCC2)n1. The number of rotatable bonds is 6. The number of anilines is 2. The lowest BCUT2D eigenvalue weighted by Gasteiger charge is -2.38. The highest BCUT2D eigenvalue weighted by Gasteiger charge is 2.25. The molecule has 1 saturated carbocycles. The van der Waals surface area contributed by atoms with Gasteiger partial charge in [0.2, 0.25) is 5.95 Å². The summed E-state index contributed by atoms with van der Waals surface area (Å²) in [4.78, 5) is 13.3. The van der Waals surface area contributed by atoms with Crippen molar-refractivity contribution in [1.29, 1.82) is 0 Å². The molecule has 0 aliphatic heterocycles. The van der Waals surface area contributed by atoms with Crippen molar-refractivity contribution in [3.05, 3.63) is 12.3 Å². The molecule has 5 heteroatoms. The van der Waals surface area contributed by atoms with E-state index in [1.165, 1.54) is 19.3 Å².